The molecule has 2 N–H and O–H groups in total. The molecular weight excluding hydrogens is 256 g/mol. The number of rotatable bonds is 1. The first kappa shape index (κ1) is 13.2. The summed E-state index contributed by atoms with van der Waals surface area (Å²) >= 11 is 0. The van der Waals surface area contributed by atoms with E-state index in [2.05, 4.69) is 5.43 Å². The molecule has 108 valence electrons. The molecule has 0 radical (unpaired) electrons. The van der Waals surface area contributed by atoms with Gasteiger partial charge >= 0.3 is 6.09 Å². The van der Waals surface area contributed by atoms with Crippen LogP contribution in [0, 0.1) is 0 Å². The van der Waals surface area contributed by atoms with E-state index in [1.54, 1.807) is 6.92 Å². The van der Waals surface area contributed by atoms with Crippen molar-refractivity contribution >= 4 is 11.8 Å². The Balaban J connectivity index is 2.00. The Hall–Kier alpha value is -1.75. The molecule has 1 saturated heterocycles. The van der Waals surface area contributed by atoms with E-state index in [1.807, 2.05) is 30.3 Å². The first-order chi connectivity index (χ1) is 9.55. The van der Waals surface area contributed by atoms with Crippen molar-refractivity contribution in [2.45, 2.75) is 50.4 Å². The molecule has 3 rings (SSSR count). The van der Waals surface area contributed by atoms with Gasteiger partial charge in [-0.3, -0.25) is 0 Å². The Morgan fingerprint density at radius 1 is 1.20 bits per heavy atom. The Bertz CT molecular complexity index is 495. The predicted molar refractivity (Wildman–Crippen MR) is 75.0 cm³/mol. The van der Waals surface area contributed by atoms with Gasteiger partial charge in [-0.15, -0.1) is 0 Å². The molecule has 1 amide bonds. The average molecular weight is 276 g/mol. The van der Waals surface area contributed by atoms with Gasteiger partial charge in [0.15, 0.2) is 11.3 Å². The van der Waals surface area contributed by atoms with E-state index in [9.17, 15) is 9.90 Å². The van der Waals surface area contributed by atoms with Crippen molar-refractivity contribution < 1.29 is 14.6 Å². The first-order valence-electron chi connectivity index (χ1n) is 7.12. The Morgan fingerprint density at radius 3 is 2.50 bits per heavy atom. The number of amides is 1. The molecule has 1 aliphatic heterocycles. The minimum atomic E-state index is -1.28. The Labute approximate surface area is 118 Å². The number of ether oxygens (including phenoxy) is 1. The lowest BCUT2D eigenvalue weighted by molar-refractivity contribution is -0.181. The van der Waals surface area contributed by atoms with E-state index in [-0.39, 0.29) is 0 Å². The fraction of sp³-hybridized carbons (Fsp3) is 0.533. The maximum atomic E-state index is 11.9. The fourth-order valence-corrected chi connectivity index (χ4v) is 3.29. The third kappa shape index (κ3) is 1.93. The van der Waals surface area contributed by atoms with Crippen LogP contribution < -0.4 is 10.4 Å². The molecule has 1 saturated carbocycles. The highest BCUT2D eigenvalue weighted by Gasteiger charge is 2.58. The number of benzene rings is 1. The predicted octanol–water partition coefficient (Wildman–Crippen LogP) is 2.56. The fourth-order valence-electron chi connectivity index (χ4n) is 3.29. The summed E-state index contributed by atoms with van der Waals surface area (Å²) in [6.45, 7) is 1.71. The molecule has 1 atom stereocenters. The molecule has 0 aromatic heterocycles. The molecule has 2 fully saturated rings. The molecule has 5 heteroatoms. The highest BCUT2D eigenvalue weighted by Crippen LogP contribution is 2.44. The quantitative estimate of drug-likeness (QED) is 0.827. The number of carbonyl (C=O) groups is 1. The van der Waals surface area contributed by atoms with Crippen LogP contribution >= 0.6 is 0 Å². The van der Waals surface area contributed by atoms with Crippen LogP contribution in [0.4, 0.5) is 10.5 Å². The Morgan fingerprint density at radius 2 is 1.85 bits per heavy atom. The summed E-state index contributed by atoms with van der Waals surface area (Å²) in [6.07, 6.45) is 3.93. The van der Waals surface area contributed by atoms with E-state index in [0.29, 0.717) is 12.8 Å². The number of anilines is 1. The molecule has 1 spiro atoms. The zero-order valence-corrected chi connectivity index (χ0v) is 11.6. The zero-order chi connectivity index (χ0) is 14.2. The van der Waals surface area contributed by atoms with Crippen molar-refractivity contribution in [2.24, 2.45) is 0 Å². The lowest BCUT2D eigenvalue weighted by atomic mass is 9.76. The van der Waals surface area contributed by atoms with Gasteiger partial charge in [0.05, 0.1) is 5.69 Å². The SMILES string of the molecule is C[C@@]1(O)N(c2ccccc2)NC(=O)OC12CCCCC2. The minimum absolute atomic E-state index is 0.498. The smallest absolute Gasteiger partial charge is 0.426 e. The van der Waals surface area contributed by atoms with Crippen LogP contribution in [0.2, 0.25) is 0 Å². The van der Waals surface area contributed by atoms with E-state index >= 15 is 0 Å². The minimum Gasteiger partial charge on any atom is -0.437 e. The van der Waals surface area contributed by atoms with Crippen LogP contribution in [0.3, 0.4) is 0 Å². The summed E-state index contributed by atoms with van der Waals surface area (Å²) in [5.74, 6) is 0. The van der Waals surface area contributed by atoms with Crippen molar-refractivity contribution in [1.82, 2.24) is 5.43 Å². The molecule has 0 bridgehead atoms. The maximum Gasteiger partial charge on any atom is 0.426 e. The zero-order valence-electron chi connectivity index (χ0n) is 11.6. The average Bonchev–Trinajstić information content (AvgIpc) is 2.45. The molecule has 1 heterocycles. The van der Waals surface area contributed by atoms with Crippen LogP contribution in [-0.4, -0.2) is 22.5 Å². The van der Waals surface area contributed by atoms with E-state index in [4.69, 9.17) is 4.74 Å². The molecule has 20 heavy (non-hydrogen) atoms. The normalized spacial score (nSPS) is 28.9. The third-order valence-electron chi connectivity index (χ3n) is 4.47. The van der Waals surface area contributed by atoms with Gasteiger partial charge in [-0.25, -0.2) is 15.2 Å². The monoisotopic (exact) mass is 276 g/mol. The lowest BCUT2D eigenvalue weighted by Gasteiger charge is -2.55. The number of nitrogens with zero attached hydrogens (tertiary/aromatic N) is 1. The number of para-hydroxylation sites is 1. The topological polar surface area (TPSA) is 61.8 Å². The van der Waals surface area contributed by atoms with Gasteiger partial charge in [0, 0.05) is 0 Å². The third-order valence-corrected chi connectivity index (χ3v) is 4.47. The van der Waals surface area contributed by atoms with Gasteiger partial charge in [0.1, 0.15) is 0 Å². The van der Waals surface area contributed by atoms with Crippen molar-refractivity contribution in [1.29, 1.82) is 0 Å². The van der Waals surface area contributed by atoms with Crippen LogP contribution in [0.1, 0.15) is 39.0 Å². The van der Waals surface area contributed by atoms with Gasteiger partial charge < -0.3 is 9.84 Å². The summed E-state index contributed by atoms with van der Waals surface area (Å²) in [6, 6.07) is 9.37. The lowest BCUT2D eigenvalue weighted by Crippen LogP contribution is -2.74. The second kappa shape index (κ2) is 4.66. The number of hydrazine groups is 1. The summed E-state index contributed by atoms with van der Waals surface area (Å²) in [7, 11) is 0. The van der Waals surface area contributed by atoms with E-state index < -0.39 is 17.4 Å². The molecule has 1 aromatic rings. The highest BCUT2D eigenvalue weighted by molar-refractivity contribution is 5.73. The van der Waals surface area contributed by atoms with Crippen molar-refractivity contribution in [3.63, 3.8) is 0 Å². The van der Waals surface area contributed by atoms with E-state index in [0.717, 1.165) is 24.9 Å². The summed E-state index contributed by atoms with van der Waals surface area (Å²) < 4.78 is 5.54. The van der Waals surface area contributed by atoms with Gasteiger partial charge in [-0.2, -0.15) is 0 Å². The van der Waals surface area contributed by atoms with Gasteiger partial charge in [0.25, 0.3) is 0 Å². The second-order valence-corrected chi connectivity index (χ2v) is 5.75. The van der Waals surface area contributed by atoms with Crippen LogP contribution in [0.5, 0.6) is 0 Å². The van der Waals surface area contributed by atoms with Gasteiger partial charge in [-0.05, 0) is 44.7 Å². The van der Waals surface area contributed by atoms with Crippen molar-refractivity contribution in [2.75, 3.05) is 5.01 Å². The second-order valence-electron chi connectivity index (χ2n) is 5.75. The van der Waals surface area contributed by atoms with Crippen LogP contribution in [0.25, 0.3) is 0 Å². The number of carbonyl (C=O) groups excluding carboxylic acids is 1. The van der Waals surface area contributed by atoms with Crippen LogP contribution in [-0.2, 0) is 4.74 Å². The Kier molecular flexibility index (Phi) is 3.09. The van der Waals surface area contributed by atoms with E-state index in [1.165, 1.54) is 5.01 Å². The maximum absolute atomic E-state index is 11.9. The van der Waals surface area contributed by atoms with Crippen molar-refractivity contribution in [3.8, 4) is 0 Å². The first-order valence-corrected chi connectivity index (χ1v) is 7.12. The standard InChI is InChI=1S/C15H20N2O3/c1-14(19)15(10-6-3-7-11-15)20-13(18)16-17(14)12-8-4-2-5-9-12/h2,4-5,8-9,19H,3,6-7,10-11H2,1H3,(H,16,18)/t14-/m0/s1. The number of aliphatic hydroxyl groups is 1. The molecule has 2 aliphatic rings. The summed E-state index contributed by atoms with van der Waals surface area (Å²) in [5, 5.41) is 12.6. The molecule has 5 nitrogen and oxygen atoms in total. The molecular formula is C15H20N2O3. The largest absolute Gasteiger partial charge is 0.437 e. The van der Waals surface area contributed by atoms with Gasteiger partial charge in [-0.1, -0.05) is 24.6 Å². The number of hydrogen-bond acceptors (Lipinski definition) is 4. The number of hydrogen-bond donors (Lipinski definition) is 2. The van der Waals surface area contributed by atoms with Crippen LogP contribution in [0.15, 0.2) is 30.3 Å². The number of nitrogens with one attached hydrogen (secondary N) is 1. The van der Waals surface area contributed by atoms with Gasteiger partial charge in [0.2, 0.25) is 0 Å². The van der Waals surface area contributed by atoms with Crippen molar-refractivity contribution in [3.05, 3.63) is 30.3 Å². The highest BCUT2D eigenvalue weighted by atomic mass is 16.6. The molecule has 0 unspecified atom stereocenters. The molecule has 1 aliphatic carbocycles. The molecule has 1 aromatic carbocycles. The summed E-state index contributed by atoms with van der Waals surface area (Å²) in [4.78, 5) is 11.9. The summed E-state index contributed by atoms with van der Waals surface area (Å²) in [5.41, 5.74) is 1.26.